The zero-order chi connectivity index (χ0) is 9.42. The lowest BCUT2D eigenvalue weighted by atomic mass is 10.2. The van der Waals surface area contributed by atoms with Gasteiger partial charge in [-0.3, -0.25) is 10.1 Å². The van der Waals surface area contributed by atoms with Gasteiger partial charge in [0.1, 0.15) is 6.04 Å². The first-order valence-electron chi connectivity index (χ1n) is 4.54. The molecule has 5 nitrogen and oxygen atoms in total. The van der Waals surface area contributed by atoms with Crippen LogP contribution in [0.1, 0.15) is 13.3 Å². The van der Waals surface area contributed by atoms with Crippen molar-refractivity contribution in [3.05, 3.63) is 0 Å². The Morgan fingerprint density at radius 3 is 2.69 bits per heavy atom. The SMILES string of the molecule is CC1C(=O)NC(=O)N1C1CCNC1. The summed E-state index contributed by atoms with van der Waals surface area (Å²) in [6, 6.07) is -0.370. The summed E-state index contributed by atoms with van der Waals surface area (Å²) >= 11 is 0. The maximum absolute atomic E-state index is 11.3. The molecule has 2 unspecified atom stereocenters. The molecule has 2 aliphatic heterocycles. The summed E-state index contributed by atoms with van der Waals surface area (Å²) in [7, 11) is 0. The highest BCUT2D eigenvalue weighted by Gasteiger charge is 2.40. The Hall–Kier alpha value is -1.10. The fourth-order valence-electron chi connectivity index (χ4n) is 1.94. The van der Waals surface area contributed by atoms with Gasteiger partial charge in [0.15, 0.2) is 0 Å². The van der Waals surface area contributed by atoms with Gasteiger partial charge in [0, 0.05) is 12.6 Å². The molecule has 0 saturated carbocycles. The number of rotatable bonds is 1. The van der Waals surface area contributed by atoms with Crippen LogP contribution in [0.4, 0.5) is 4.79 Å². The first kappa shape index (κ1) is 8.50. The van der Waals surface area contributed by atoms with Gasteiger partial charge in [-0.2, -0.15) is 0 Å². The van der Waals surface area contributed by atoms with E-state index < -0.39 is 0 Å². The Kier molecular flexibility index (Phi) is 1.95. The third-order valence-corrected chi connectivity index (χ3v) is 2.69. The molecule has 0 aromatic heterocycles. The van der Waals surface area contributed by atoms with E-state index in [1.54, 1.807) is 11.8 Å². The number of nitrogens with zero attached hydrogens (tertiary/aromatic N) is 1. The highest BCUT2D eigenvalue weighted by Crippen LogP contribution is 2.16. The van der Waals surface area contributed by atoms with Crippen LogP contribution < -0.4 is 10.6 Å². The van der Waals surface area contributed by atoms with E-state index >= 15 is 0 Å². The molecule has 13 heavy (non-hydrogen) atoms. The summed E-state index contributed by atoms with van der Waals surface area (Å²) in [5.41, 5.74) is 0. The maximum atomic E-state index is 11.3. The Labute approximate surface area is 76.5 Å². The molecule has 0 aliphatic carbocycles. The molecule has 2 N–H and O–H groups in total. The standard InChI is InChI=1S/C8H13N3O2/c1-5-7(12)10-8(13)11(5)6-2-3-9-4-6/h5-6,9H,2-4H2,1H3,(H,10,12,13). The Morgan fingerprint density at radius 1 is 1.46 bits per heavy atom. The molecule has 0 aromatic rings. The topological polar surface area (TPSA) is 61.4 Å². The van der Waals surface area contributed by atoms with E-state index in [9.17, 15) is 9.59 Å². The molecule has 5 heteroatoms. The molecule has 3 amide bonds. The van der Waals surface area contributed by atoms with Crippen molar-refractivity contribution in [3.63, 3.8) is 0 Å². The molecule has 2 aliphatic rings. The van der Waals surface area contributed by atoms with Crippen LogP contribution in [-0.2, 0) is 4.79 Å². The number of carbonyl (C=O) groups is 2. The Balaban J connectivity index is 2.12. The molecule has 72 valence electrons. The van der Waals surface area contributed by atoms with Gasteiger partial charge >= 0.3 is 6.03 Å². The van der Waals surface area contributed by atoms with Gasteiger partial charge in [-0.1, -0.05) is 0 Å². The number of nitrogens with one attached hydrogen (secondary N) is 2. The van der Waals surface area contributed by atoms with Crippen LogP contribution in [0.15, 0.2) is 0 Å². The van der Waals surface area contributed by atoms with Crippen molar-refractivity contribution in [2.24, 2.45) is 0 Å². The molecule has 2 fully saturated rings. The summed E-state index contributed by atoms with van der Waals surface area (Å²) in [6.07, 6.45) is 0.936. The Morgan fingerprint density at radius 2 is 2.23 bits per heavy atom. The second-order valence-corrected chi connectivity index (χ2v) is 3.52. The molecular formula is C8H13N3O2. The smallest absolute Gasteiger partial charge is 0.315 e. The predicted octanol–water partition coefficient (Wildman–Crippen LogP) is -0.711. The number of imide groups is 1. The average Bonchev–Trinajstić information content (AvgIpc) is 2.63. The van der Waals surface area contributed by atoms with E-state index in [1.165, 1.54) is 0 Å². The summed E-state index contributed by atoms with van der Waals surface area (Å²) in [5.74, 6) is -0.183. The molecular weight excluding hydrogens is 170 g/mol. The van der Waals surface area contributed by atoms with Crippen LogP contribution in [0.3, 0.4) is 0 Å². The first-order valence-corrected chi connectivity index (χ1v) is 4.54. The molecule has 0 bridgehead atoms. The van der Waals surface area contributed by atoms with Crippen LogP contribution in [0.2, 0.25) is 0 Å². The third kappa shape index (κ3) is 1.29. The van der Waals surface area contributed by atoms with Crippen LogP contribution in [0, 0.1) is 0 Å². The van der Waals surface area contributed by atoms with Gasteiger partial charge in [-0.15, -0.1) is 0 Å². The fourth-order valence-corrected chi connectivity index (χ4v) is 1.94. The van der Waals surface area contributed by atoms with E-state index in [0.29, 0.717) is 0 Å². The summed E-state index contributed by atoms with van der Waals surface area (Å²) in [5, 5.41) is 5.49. The quantitative estimate of drug-likeness (QED) is 0.528. The van der Waals surface area contributed by atoms with Gasteiger partial charge < -0.3 is 10.2 Å². The minimum absolute atomic E-state index is 0.182. The molecule has 0 aromatic carbocycles. The van der Waals surface area contributed by atoms with E-state index in [4.69, 9.17) is 0 Å². The second-order valence-electron chi connectivity index (χ2n) is 3.52. The largest absolute Gasteiger partial charge is 0.325 e. The first-order chi connectivity index (χ1) is 6.20. The summed E-state index contributed by atoms with van der Waals surface area (Å²) < 4.78 is 0. The monoisotopic (exact) mass is 183 g/mol. The summed E-state index contributed by atoms with van der Waals surface area (Å²) in [6.45, 7) is 3.49. The van der Waals surface area contributed by atoms with Gasteiger partial charge in [0.05, 0.1) is 0 Å². The third-order valence-electron chi connectivity index (χ3n) is 2.69. The normalized spacial score (nSPS) is 34.1. The average molecular weight is 183 g/mol. The van der Waals surface area contributed by atoms with Crippen molar-refractivity contribution in [2.45, 2.75) is 25.4 Å². The van der Waals surface area contributed by atoms with Gasteiger partial charge in [0.25, 0.3) is 5.91 Å². The van der Waals surface area contributed by atoms with Gasteiger partial charge in [0.2, 0.25) is 0 Å². The minimum Gasteiger partial charge on any atom is -0.315 e. The van der Waals surface area contributed by atoms with Crippen LogP contribution >= 0.6 is 0 Å². The number of carbonyl (C=O) groups excluding carboxylic acids is 2. The van der Waals surface area contributed by atoms with E-state index in [-0.39, 0.29) is 24.0 Å². The molecule has 2 rings (SSSR count). The summed E-state index contributed by atoms with van der Waals surface area (Å²) in [4.78, 5) is 24.1. The molecule has 2 saturated heterocycles. The molecule has 2 heterocycles. The number of hydrogen-bond donors (Lipinski definition) is 2. The maximum Gasteiger partial charge on any atom is 0.325 e. The van der Waals surface area contributed by atoms with Crippen molar-refractivity contribution in [2.75, 3.05) is 13.1 Å². The van der Waals surface area contributed by atoms with E-state index in [1.807, 2.05) is 0 Å². The van der Waals surface area contributed by atoms with Crippen molar-refractivity contribution >= 4 is 11.9 Å². The molecule has 0 spiro atoms. The molecule has 0 radical (unpaired) electrons. The molecule has 2 atom stereocenters. The predicted molar refractivity (Wildman–Crippen MR) is 46.1 cm³/mol. The van der Waals surface area contributed by atoms with Crippen LogP contribution in [0.5, 0.6) is 0 Å². The number of amides is 3. The van der Waals surface area contributed by atoms with E-state index in [2.05, 4.69) is 10.6 Å². The zero-order valence-corrected chi connectivity index (χ0v) is 7.54. The second kappa shape index (κ2) is 2.99. The lowest BCUT2D eigenvalue weighted by Crippen LogP contribution is -2.43. The fraction of sp³-hybridized carbons (Fsp3) is 0.750. The van der Waals surface area contributed by atoms with Crippen molar-refractivity contribution in [3.8, 4) is 0 Å². The minimum atomic E-state index is -0.308. The van der Waals surface area contributed by atoms with Crippen molar-refractivity contribution in [1.29, 1.82) is 0 Å². The number of hydrogen-bond acceptors (Lipinski definition) is 3. The van der Waals surface area contributed by atoms with Crippen LogP contribution in [-0.4, -0.2) is 42.0 Å². The highest BCUT2D eigenvalue weighted by atomic mass is 16.2. The highest BCUT2D eigenvalue weighted by molar-refractivity contribution is 6.04. The van der Waals surface area contributed by atoms with E-state index in [0.717, 1.165) is 19.5 Å². The van der Waals surface area contributed by atoms with Gasteiger partial charge in [-0.05, 0) is 19.9 Å². The number of urea groups is 1. The van der Waals surface area contributed by atoms with Crippen LogP contribution in [0.25, 0.3) is 0 Å². The van der Waals surface area contributed by atoms with Gasteiger partial charge in [-0.25, -0.2) is 4.79 Å². The Bertz CT molecular complexity index is 248. The lowest BCUT2D eigenvalue weighted by molar-refractivity contribution is -0.121. The van der Waals surface area contributed by atoms with Crippen molar-refractivity contribution in [1.82, 2.24) is 15.5 Å². The zero-order valence-electron chi connectivity index (χ0n) is 7.54. The van der Waals surface area contributed by atoms with Crippen molar-refractivity contribution < 1.29 is 9.59 Å². The lowest BCUT2D eigenvalue weighted by Gasteiger charge is -2.24.